The van der Waals surface area contributed by atoms with Crippen LogP contribution in [0.3, 0.4) is 0 Å². The van der Waals surface area contributed by atoms with E-state index in [1.54, 1.807) is 0 Å². The monoisotopic (exact) mass is 344 g/mol. The molecule has 2 aliphatic heterocycles. The first-order valence-corrected chi connectivity index (χ1v) is 9.59. The Labute approximate surface area is 148 Å². The highest BCUT2D eigenvalue weighted by molar-refractivity contribution is 5.53. The molecule has 5 rings (SSSR count). The van der Waals surface area contributed by atoms with Crippen molar-refractivity contribution >= 4 is 0 Å². The molecule has 3 aliphatic carbocycles. The molecule has 2 bridgehead atoms. The number of rotatable bonds is 3. The van der Waals surface area contributed by atoms with Gasteiger partial charge in [-0.05, 0) is 57.0 Å². The second-order valence-corrected chi connectivity index (χ2v) is 8.47. The minimum atomic E-state index is -0.708. The normalized spacial score (nSPS) is 50.3. The van der Waals surface area contributed by atoms with Gasteiger partial charge >= 0.3 is 0 Å². The molecule has 5 heteroatoms. The van der Waals surface area contributed by atoms with Gasteiger partial charge in [-0.2, -0.15) is 0 Å². The summed E-state index contributed by atoms with van der Waals surface area (Å²) in [6, 6.07) is 0.438. The van der Waals surface area contributed by atoms with E-state index < -0.39 is 17.8 Å². The van der Waals surface area contributed by atoms with Gasteiger partial charge in [0.25, 0.3) is 0 Å². The first-order valence-electron chi connectivity index (χ1n) is 9.59. The van der Waals surface area contributed by atoms with Crippen LogP contribution in [0.1, 0.15) is 25.7 Å². The fraction of sp³-hybridized carbons (Fsp3) is 0.700. The minimum absolute atomic E-state index is 0.181. The summed E-state index contributed by atoms with van der Waals surface area (Å²) in [5, 5.41) is 21.7. The van der Waals surface area contributed by atoms with Crippen molar-refractivity contribution < 1.29 is 14.9 Å². The average molecular weight is 344 g/mol. The van der Waals surface area contributed by atoms with E-state index >= 15 is 0 Å². The van der Waals surface area contributed by atoms with Crippen molar-refractivity contribution in [3.63, 3.8) is 0 Å². The van der Waals surface area contributed by atoms with Crippen LogP contribution >= 0.6 is 0 Å². The first kappa shape index (κ1) is 16.2. The molecular weight excluding hydrogens is 316 g/mol. The lowest BCUT2D eigenvalue weighted by molar-refractivity contribution is -0.143. The molecule has 0 amide bonds. The topological polar surface area (TPSA) is 79.0 Å². The number of hydrogen-bond acceptors (Lipinski definition) is 5. The van der Waals surface area contributed by atoms with E-state index in [4.69, 9.17) is 10.5 Å². The van der Waals surface area contributed by atoms with Crippen LogP contribution in [0.15, 0.2) is 35.5 Å². The van der Waals surface area contributed by atoms with E-state index in [2.05, 4.69) is 24.1 Å². The Morgan fingerprint density at radius 1 is 1.32 bits per heavy atom. The largest absolute Gasteiger partial charge is 0.386 e. The fourth-order valence-electron chi connectivity index (χ4n) is 6.48. The van der Waals surface area contributed by atoms with Crippen LogP contribution in [0.2, 0.25) is 0 Å². The predicted molar refractivity (Wildman–Crippen MR) is 94.8 cm³/mol. The number of aliphatic hydroxyl groups is 2. The van der Waals surface area contributed by atoms with Crippen molar-refractivity contribution in [1.82, 2.24) is 4.90 Å². The highest BCUT2D eigenvalue weighted by Gasteiger charge is 2.70. The molecule has 25 heavy (non-hydrogen) atoms. The van der Waals surface area contributed by atoms with Gasteiger partial charge in [-0.15, -0.1) is 0 Å². The zero-order chi connectivity index (χ0) is 17.4. The van der Waals surface area contributed by atoms with Crippen molar-refractivity contribution in [2.75, 3.05) is 20.1 Å². The third kappa shape index (κ3) is 1.81. The van der Waals surface area contributed by atoms with E-state index in [9.17, 15) is 10.2 Å². The van der Waals surface area contributed by atoms with Crippen molar-refractivity contribution in [3.05, 3.63) is 35.5 Å². The zero-order valence-electron chi connectivity index (χ0n) is 14.8. The molecule has 1 spiro atoms. The van der Waals surface area contributed by atoms with Gasteiger partial charge in [0.05, 0.1) is 12.2 Å². The minimum Gasteiger partial charge on any atom is -0.386 e. The molecule has 2 fully saturated rings. The van der Waals surface area contributed by atoms with Gasteiger partial charge in [0, 0.05) is 17.4 Å². The molecule has 0 saturated carbocycles. The average Bonchev–Trinajstić information content (AvgIpc) is 2.92. The molecule has 7 atom stereocenters. The molecule has 0 aromatic carbocycles. The number of aliphatic hydroxyl groups excluding tert-OH is 2. The van der Waals surface area contributed by atoms with Gasteiger partial charge in [0.15, 0.2) is 0 Å². The highest BCUT2D eigenvalue weighted by Crippen LogP contribution is 2.67. The number of hydrogen-bond donors (Lipinski definition) is 3. The molecule has 5 aliphatic rings. The van der Waals surface area contributed by atoms with Gasteiger partial charge in [-0.3, -0.25) is 0 Å². The van der Waals surface area contributed by atoms with Gasteiger partial charge in [-0.1, -0.05) is 24.3 Å². The number of ether oxygens (including phenoxy) is 1. The number of likely N-dealkylation sites (tertiary alicyclic amines) is 1. The maximum absolute atomic E-state index is 11.0. The Kier molecular flexibility index (Phi) is 3.42. The van der Waals surface area contributed by atoms with Crippen LogP contribution < -0.4 is 5.73 Å². The SMILES string of the molecule is CN1CC[C@]23C4=C5C=CC(O)C4(CCCN)O[C@H]2[C@@H](O)C=C[C@H]3[C@H]1C5. The summed E-state index contributed by atoms with van der Waals surface area (Å²) in [6.45, 7) is 1.59. The summed E-state index contributed by atoms with van der Waals surface area (Å²) in [7, 11) is 2.20. The van der Waals surface area contributed by atoms with Crippen LogP contribution in [0.25, 0.3) is 0 Å². The van der Waals surface area contributed by atoms with E-state index in [0.29, 0.717) is 24.9 Å². The summed E-state index contributed by atoms with van der Waals surface area (Å²) in [5.41, 5.74) is 7.51. The molecule has 2 saturated heterocycles. The molecule has 0 radical (unpaired) electrons. The van der Waals surface area contributed by atoms with Gasteiger partial charge in [0.2, 0.25) is 0 Å². The van der Waals surface area contributed by atoms with E-state index in [-0.39, 0.29) is 11.5 Å². The van der Waals surface area contributed by atoms with Crippen LogP contribution in [0.4, 0.5) is 0 Å². The molecule has 0 aromatic rings. The Morgan fingerprint density at radius 2 is 2.16 bits per heavy atom. The van der Waals surface area contributed by atoms with Crippen molar-refractivity contribution in [2.45, 2.75) is 55.6 Å². The molecule has 4 N–H and O–H groups in total. The summed E-state index contributed by atoms with van der Waals surface area (Å²) in [6.07, 6.45) is 10.1. The van der Waals surface area contributed by atoms with Crippen LogP contribution in [0.5, 0.6) is 0 Å². The lowest BCUT2D eigenvalue weighted by atomic mass is 9.50. The first-order chi connectivity index (χ1) is 12.0. The molecule has 5 nitrogen and oxygen atoms in total. The molecule has 2 heterocycles. The number of nitrogens with zero attached hydrogens (tertiary/aromatic N) is 1. The lowest BCUT2D eigenvalue weighted by Gasteiger charge is -2.58. The predicted octanol–water partition coefficient (Wildman–Crippen LogP) is 0.731. The van der Waals surface area contributed by atoms with E-state index in [0.717, 1.165) is 25.8 Å². The number of allylic oxidation sites excluding steroid dienone is 1. The molecular formula is C20H28N2O3. The summed E-state index contributed by atoms with van der Waals surface area (Å²) in [4.78, 5) is 2.46. The van der Waals surface area contributed by atoms with Gasteiger partial charge < -0.3 is 25.6 Å². The maximum Gasteiger partial charge on any atom is 0.120 e. The van der Waals surface area contributed by atoms with Crippen molar-refractivity contribution in [2.24, 2.45) is 17.1 Å². The second kappa shape index (κ2) is 5.27. The summed E-state index contributed by atoms with van der Waals surface area (Å²) in [5.74, 6) is 0.344. The molecule has 136 valence electrons. The Morgan fingerprint density at radius 3 is 2.96 bits per heavy atom. The third-order valence-electron chi connectivity index (χ3n) is 7.47. The van der Waals surface area contributed by atoms with Crippen LogP contribution in [-0.2, 0) is 4.74 Å². The number of piperidine rings is 1. The summed E-state index contributed by atoms with van der Waals surface area (Å²) < 4.78 is 6.64. The third-order valence-corrected chi connectivity index (χ3v) is 7.47. The quantitative estimate of drug-likeness (QED) is 0.658. The standard InChI is InChI=1S/C20H28N2O3/c1-22-10-8-19-13-4-5-15(23)18(19)25-20(7-2-9-21)16(24)6-3-12(17(19)20)11-14(13)22/h3-6,13-16,18,23-24H,2,7-11,21H2,1H3/t13-,14+,15-,16?,18-,19-,20?/m0/s1. The Bertz CT molecular complexity index is 686. The lowest BCUT2D eigenvalue weighted by Crippen LogP contribution is -2.62. The van der Waals surface area contributed by atoms with Gasteiger partial charge in [0.1, 0.15) is 11.7 Å². The Hall–Kier alpha value is -0.980. The van der Waals surface area contributed by atoms with Crippen molar-refractivity contribution in [1.29, 1.82) is 0 Å². The highest BCUT2D eigenvalue weighted by atomic mass is 16.5. The van der Waals surface area contributed by atoms with E-state index in [1.165, 1.54) is 11.1 Å². The van der Waals surface area contributed by atoms with Crippen LogP contribution in [0, 0.1) is 11.3 Å². The van der Waals surface area contributed by atoms with Crippen molar-refractivity contribution in [3.8, 4) is 0 Å². The smallest absolute Gasteiger partial charge is 0.120 e. The van der Waals surface area contributed by atoms with Crippen LogP contribution in [-0.4, -0.2) is 65.2 Å². The van der Waals surface area contributed by atoms with Gasteiger partial charge in [-0.25, -0.2) is 0 Å². The Balaban J connectivity index is 1.74. The molecule has 0 aromatic heterocycles. The number of nitrogens with two attached hydrogens (primary N) is 1. The molecule has 2 unspecified atom stereocenters. The second-order valence-electron chi connectivity index (χ2n) is 8.47. The fourth-order valence-corrected chi connectivity index (χ4v) is 6.48. The maximum atomic E-state index is 11.0. The van der Waals surface area contributed by atoms with E-state index in [1.807, 2.05) is 12.2 Å². The zero-order valence-corrected chi connectivity index (χ0v) is 14.8. The summed E-state index contributed by atoms with van der Waals surface area (Å²) >= 11 is 0.